The van der Waals surface area contributed by atoms with Crippen LogP contribution in [0.3, 0.4) is 0 Å². The molecule has 0 saturated carbocycles. The molecule has 0 bridgehead atoms. The molecule has 8 heteroatoms. The maximum atomic E-state index is 11.2. The number of hydrogen-bond acceptors (Lipinski definition) is 6. The van der Waals surface area contributed by atoms with E-state index >= 15 is 0 Å². The molecule has 1 aliphatic rings. The van der Waals surface area contributed by atoms with Crippen LogP contribution in [0.5, 0.6) is 0 Å². The van der Waals surface area contributed by atoms with Gasteiger partial charge in [0, 0.05) is 5.41 Å². The highest BCUT2D eigenvalue weighted by Crippen LogP contribution is 2.20. The van der Waals surface area contributed by atoms with E-state index in [2.05, 4.69) is 15.3 Å². The van der Waals surface area contributed by atoms with Crippen LogP contribution in [0.25, 0.3) is 0 Å². The third kappa shape index (κ3) is 2.62. The van der Waals surface area contributed by atoms with Crippen molar-refractivity contribution in [3.63, 3.8) is 0 Å². The molecule has 1 atom stereocenters. The average molecular weight is 274 g/mol. The Morgan fingerprint density at radius 2 is 2.24 bits per heavy atom. The van der Waals surface area contributed by atoms with Gasteiger partial charge in [-0.1, -0.05) is 11.6 Å². The number of anilines is 1. The fourth-order valence-electron chi connectivity index (χ4n) is 1.43. The Morgan fingerprint density at radius 1 is 1.47 bits per heavy atom. The van der Waals surface area contributed by atoms with Crippen molar-refractivity contribution in [2.75, 3.05) is 11.1 Å². The van der Waals surface area contributed by atoms with Crippen molar-refractivity contribution >= 4 is 33.5 Å². The third-order valence-electron chi connectivity index (χ3n) is 2.21. The van der Waals surface area contributed by atoms with Gasteiger partial charge in [-0.2, -0.15) is 0 Å². The third-order valence-corrected chi connectivity index (χ3v) is 3.90. The minimum absolute atomic E-state index is 0.0299. The van der Waals surface area contributed by atoms with Crippen molar-refractivity contribution in [1.29, 1.82) is 0 Å². The molecule has 0 saturated heterocycles. The molecule has 0 aromatic carbocycles. The van der Waals surface area contributed by atoms with E-state index in [4.69, 9.17) is 11.6 Å². The highest BCUT2D eigenvalue weighted by atomic mass is 35.5. The van der Waals surface area contributed by atoms with Crippen LogP contribution in [0.1, 0.15) is 10.4 Å². The van der Waals surface area contributed by atoms with Crippen LogP contribution in [0, 0.1) is 0 Å². The molecule has 1 unspecified atom stereocenters. The van der Waals surface area contributed by atoms with Gasteiger partial charge in [0.1, 0.15) is 17.3 Å². The maximum absolute atomic E-state index is 11.2. The lowest BCUT2D eigenvalue weighted by atomic mass is 10.3. The summed E-state index contributed by atoms with van der Waals surface area (Å²) in [5.41, 5.74) is 0.117. The standard InChI is InChI=1S/C9H8ClN3O3S/c10-8-7(3-14)9(12-5-11-8)13-6-1-2-17(15,16)4-6/h1-3,5-6H,4H2,(H,11,12,13). The quantitative estimate of drug-likeness (QED) is 0.643. The second kappa shape index (κ2) is 4.42. The Hall–Kier alpha value is -1.47. The van der Waals surface area contributed by atoms with Crippen LogP contribution < -0.4 is 5.32 Å². The zero-order valence-electron chi connectivity index (χ0n) is 8.50. The molecular formula is C9H8ClN3O3S. The summed E-state index contributed by atoms with van der Waals surface area (Å²) in [4.78, 5) is 18.3. The first-order valence-electron chi connectivity index (χ1n) is 4.65. The lowest BCUT2D eigenvalue weighted by Crippen LogP contribution is -2.22. The molecule has 2 rings (SSSR count). The zero-order chi connectivity index (χ0) is 12.5. The second-order valence-corrected chi connectivity index (χ2v) is 5.74. The van der Waals surface area contributed by atoms with E-state index in [1.54, 1.807) is 0 Å². The molecule has 1 aliphatic heterocycles. The van der Waals surface area contributed by atoms with Crippen LogP contribution in [-0.2, 0) is 9.84 Å². The summed E-state index contributed by atoms with van der Waals surface area (Å²) in [6.45, 7) is 0. The smallest absolute Gasteiger partial charge is 0.173 e. The number of nitrogens with one attached hydrogen (secondary N) is 1. The summed E-state index contributed by atoms with van der Waals surface area (Å²) in [5.74, 6) is 0.166. The molecule has 6 nitrogen and oxygen atoms in total. The number of aromatic nitrogens is 2. The number of hydrogen-bond donors (Lipinski definition) is 1. The lowest BCUT2D eigenvalue weighted by Gasteiger charge is -2.12. The molecule has 17 heavy (non-hydrogen) atoms. The van der Waals surface area contributed by atoms with Gasteiger partial charge in [-0.3, -0.25) is 4.79 Å². The van der Waals surface area contributed by atoms with Gasteiger partial charge in [0.15, 0.2) is 16.1 Å². The SMILES string of the molecule is O=Cc1c(Cl)ncnc1NC1C=CS(=O)(=O)C1. The topological polar surface area (TPSA) is 89.0 Å². The zero-order valence-corrected chi connectivity index (χ0v) is 10.1. The van der Waals surface area contributed by atoms with Gasteiger partial charge in [-0.15, -0.1) is 0 Å². The summed E-state index contributed by atoms with van der Waals surface area (Å²) in [7, 11) is -3.15. The number of carbonyl (C=O) groups is 1. The first kappa shape index (κ1) is 12.0. The number of sulfone groups is 1. The van der Waals surface area contributed by atoms with E-state index in [1.165, 1.54) is 12.4 Å². The van der Waals surface area contributed by atoms with Crippen molar-refractivity contribution in [3.8, 4) is 0 Å². The van der Waals surface area contributed by atoms with E-state index in [9.17, 15) is 13.2 Å². The second-order valence-electron chi connectivity index (χ2n) is 3.45. The van der Waals surface area contributed by atoms with Crippen LogP contribution in [-0.4, -0.2) is 36.5 Å². The van der Waals surface area contributed by atoms with E-state index in [-0.39, 0.29) is 22.3 Å². The number of rotatable bonds is 3. The number of carbonyl (C=O) groups excluding carboxylic acids is 1. The highest BCUT2D eigenvalue weighted by Gasteiger charge is 2.23. The summed E-state index contributed by atoms with van der Waals surface area (Å²) in [6.07, 6.45) is 3.22. The normalized spacial score (nSPS) is 21.4. The van der Waals surface area contributed by atoms with Crippen molar-refractivity contribution in [2.24, 2.45) is 0 Å². The first-order valence-corrected chi connectivity index (χ1v) is 6.74. The minimum Gasteiger partial charge on any atom is -0.362 e. The Bertz CT molecular complexity index is 585. The molecule has 0 amide bonds. The largest absolute Gasteiger partial charge is 0.362 e. The summed E-state index contributed by atoms with van der Waals surface area (Å²) < 4.78 is 22.4. The molecule has 0 spiro atoms. The fourth-order valence-corrected chi connectivity index (χ4v) is 2.85. The Labute approximate surface area is 103 Å². The summed E-state index contributed by atoms with van der Waals surface area (Å²) in [5, 5.41) is 3.99. The van der Waals surface area contributed by atoms with Crippen molar-refractivity contribution in [2.45, 2.75) is 6.04 Å². The van der Waals surface area contributed by atoms with Gasteiger partial charge in [-0.25, -0.2) is 18.4 Å². The number of halogens is 1. The Balaban J connectivity index is 2.23. The Kier molecular flexibility index (Phi) is 3.12. The van der Waals surface area contributed by atoms with Crippen LogP contribution >= 0.6 is 11.6 Å². The van der Waals surface area contributed by atoms with Gasteiger partial charge >= 0.3 is 0 Å². The first-order chi connectivity index (χ1) is 8.02. The van der Waals surface area contributed by atoms with Crippen LogP contribution in [0.2, 0.25) is 5.15 Å². The molecule has 0 fully saturated rings. The van der Waals surface area contributed by atoms with E-state index in [1.807, 2.05) is 0 Å². The van der Waals surface area contributed by atoms with E-state index in [0.29, 0.717) is 6.29 Å². The minimum atomic E-state index is -3.15. The van der Waals surface area contributed by atoms with Crippen molar-refractivity contribution < 1.29 is 13.2 Å². The van der Waals surface area contributed by atoms with Crippen molar-refractivity contribution in [1.82, 2.24) is 9.97 Å². The number of aldehydes is 1. The highest BCUT2D eigenvalue weighted by molar-refractivity contribution is 7.94. The van der Waals surface area contributed by atoms with Crippen molar-refractivity contribution in [3.05, 3.63) is 28.5 Å². The van der Waals surface area contributed by atoms with Gasteiger partial charge in [-0.05, 0) is 6.08 Å². The predicted octanol–water partition coefficient (Wildman–Crippen LogP) is 0.665. The molecular weight excluding hydrogens is 266 g/mol. The predicted molar refractivity (Wildman–Crippen MR) is 62.8 cm³/mol. The van der Waals surface area contributed by atoms with Gasteiger partial charge in [0.05, 0.1) is 17.4 Å². The van der Waals surface area contributed by atoms with Gasteiger partial charge < -0.3 is 5.32 Å². The molecule has 1 aromatic rings. The molecule has 0 aliphatic carbocycles. The van der Waals surface area contributed by atoms with Crippen LogP contribution in [0.15, 0.2) is 17.8 Å². The van der Waals surface area contributed by atoms with Gasteiger partial charge in [0.25, 0.3) is 0 Å². The fraction of sp³-hybridized carbons (Fsp3) is 0.222. The lowest BCUT2D eigenvalue weighted by molar-refractivity contribution is 0.112. The van der Waals surface area contributed by atoms with Crippen LogP contribution in [0.4, 0.5) is 5.82 Å². The molecule has 1 N–H and O–H groups in total. The monoisotopic (exact) mass is 273 g/mol. The molecule has 2 heterocycles. The molecule has 0 radical (unpaired) electrons. The summed E-state index contributed by atoms with van der Waals surface area (Å²) >= 11 is 5.71. The van der Waals surface area contributed by atoms with E-state index in [0.717, 1.165) is 5.41 Å². The average Bonchev–Trinajstić information content (AvgIpc) is 2.58. The number of nitrogens with zero attached hydrogens (tertiary/aromatic N) is 2. The Morgan fingerprint density at radius 3 is 2.82 bits per heavy atom. The van der Waals surface area contributed by atoms with Gasteiger partial charge in [0.2, 0.25) is 0 Å². The van der Waals surface area contributed by atoms with E-state index < -0.39 is 15.9 Å². The summed E-state index contributed by atoms with van der Waals surface area (Å²) in [6, 6.07) is -0.412. The molecule has 1 aromatic heterocycles. The maximum Gasteiger partial charge on any atom is 0.173 e. The molecule has 90 valence electrons.